The molecule has 0 amide bonds. The van der Waals surface area contributed by atoms with E-state index in [9.17, 15) is 9.90 Å². The summed E-state index contributed by atoms with van der Waals surface area (Å²) in [5.74, 6) is -0.382. The van der Waals surface area contributed by atoms with E-state index in [0.717, 1.165) is 5.56 Å². The molecule has 5 heteroatoms. The number of aliphatic hydroxyl groups is 1. The quantitative estimate of drug-likeness (QED) is 0.329. The summed E-state index contributed by atoms with van der Waals surface area (Å²) in [4.78, 5) is 11.3. The van der Waals surface area contributed by atoms with E-state index >= 15 is 0 Å². The molecule has 0 heterocycles. The highest BCUT2D eigenvalue weighted by Gasteiger charge is 2.09. The van der Waals surface area contributed by atoms with Crippen LogP contribution >= 0.6 is 0 Å². The average molecular weight is 248 g/mol. The monoisotopic (exact) mass is 248 g/mol. The minimum absolute atomic E-state index is 0.0720. The van der Waals surface area contributed by atoms with Gasteiger partial charge in [-0.2, -0.15) is 0 Å². The molecular weight excluding hydrogens is 232 g/mol. The Bertz CT molecular complexity index is 533. The summed E-state index contributed by atoms with van der Waals surface area (Å²) in [6, 6.07) is 5.05. The molecule has 5 nitrogen and oxygen atoms in total. The zero-order chi connectivity index (χ0) is 13.9. The Labute approximate surface area is 105 Å². The second-order valence-corrected chi connectivity index (χ2v) is 3.96. The van der Waals surface area contributed by atoms with Crippen molar-refractivity contribution in [1.82, 2.24) is 0 Å². The van der Waals surface area contributed by atoms with Gasteiger partial charge in [0.2, 0.25) is 0 Å². The van der Waals surface area contributed by atoms with Crippen molar-refractivity contribution in [3.8, 4) is 5.75 Å². The van der Waals surface area contributed by atoms with Crippen LogP contribution in [0.3, 0.4) is 0 Å². The van der Waals surface area contributed by atoms with Crippen LogP contribution in [0.4, 0.5) is 0 Å². The topological polar surface area (TPSA) is 96.4 Å². The SMILES string of the molecule is CC(=O)c1ccc(C)c(O/C(C)=C(\O)C(=N)N)c1. The van der Waals surface area contributed by atoms with Crippen LogP contribution in [-0.2, 0) is 0 Å². The molecule has 1 rings (SSSR count). The zero-order valence-corrected chi connectivity index (χ0v) is 10.6. The van der Waals surface area contributed by atoms with Crippen molar-refractivity contribution in [2.45, 2.75) is 20.8 Å². The van der Waals surface area contributed by atoms with Crippen LogP contribution in [-0.4, -0.2) is 16.7 Å². The number of aryl methyl sites for hydroxylation is 1. The maximum Gasteiger partial charge on any atom is 0.196 e. The first-order valence-electron chi connectivity index (χ1n) is 5.36. The van der Waals surface area contributed by atoms with Crippen molar-refractivity contribution < 1.29 is 14.6 Å². The number of allylic oxidation sites excluding steroid dienone is 1. The maximum absolute atomic E-state index is 11.3. The lowest BCUT2D eigenvalue weighted by Crippen LogP contribution is -2.15. The highest BCUT2D eigenvalue weighted by molar-refractivity contribution is 5.94. The second-order valence-electron chi connectivity index (χ2n) is 3.96. The third kappa shape index (κ3) is 3.10. The number of ketones is 1. The maximum atomic E-state index is 11.3. The van der Waals surface area contributed by atoms with E-state index < -0.39 is 11.6 Å². The molecule has 0 atom stereocenters. The number of hydrogen-bond acceptors (Lipinski definition) is 4. The number of aliphatic hydroxyl groups excluding tert-OH is 1. The largest absolute Gasteiger partial charge is 0.502 e. The molecule has 0 fully saturated rings. The van der Waals surface area contributed by atoms with Gasteiger partial charge in [0.1, 0.15) is 11.5 Å². The number of hydrogen-bond donors (Lipinski definition) is 3. The predicted octanol–water partition coefficient (Wildman–Crippen LogP) is 2.30. The van der Waals surface area contributed by atoms with Crippen LogP contribution < -0.4 is 10.5 Å². The summed E-state index contributed by atoms with van der Waals surface area (Å²) in [5, 5.41) is 16.6. The Morgan fingerprint density at radius 2 is 2.00 bits per heavy atom. The summed E-state index contributed by atoms with van der Waals surface area (Å²) >= 11 is 0. The van der Waals surface area contributed by atoms with Gasteiger partial charge in [-0.15, -0.1) is 0 Å². The smallest absolute Gasteiger partial charge is 0.196 e. The molecule has 0 aliphatic heterocycles. The van der Waals surface area contributed by atoms with Gasteiger partial charge in [0.15, 0.2) is 17.4 Å². The Balaban J connectivity index is 3.11. The Morgan fingerprint density at radius 1 is 1.39 bits per heavy atom. The van der Waals surface area contributed by atoms with E-state index in [0.29, 0.717) is 11.3 Å². The van der Waals surface area contributed by atoms with Crippen LogP contribution in [0.1, 0.15) is 29.8 Å². The Morgan fingerprint density at radius 3 is 2.50 bits per heavy atom. The van der Waals surface area contributed by atoms with E-state index in [2.05, 4.69) is 0 Å². The second kappa shape index (κ2) is 5.35. The number of carbonyl (C=O) groups is 1. The normalized spacial score (nSPS) is 11.7. The number of benzene rings is 1. The third-order valence-corrected chi connectivity index (χ3v) is 2.45. The van der Waals surface area contributed by atoms with Gasteiger partial charge in [-0.05, 0) is 32.4 Å². The van der Waals surface area contributed by atoms with Gasteiger partial charge in [-0.3, -0.25) is 10.2 Å². The van der Waals surface area contributed by atoms with Crippen LogP contribution in [0.15, 0.2) is 29.7 Å². The minimum atomic E-state index is -0.465. The fourth-order valence-corrected chi connectivity index (χ4v) is 1.33. The van der Waals surface area contributed by atoms with Crippen LogP contribution in [0.2, 0.25) is 0 Å². The standard InChI is InChI=1S/C13H16N2O3/c1-7-4-5-10(8(2)16)6-11(7)18-9(3)12(17)13(14)15/h4-6,17H,1-3H3,(H3,14,15)/b12-9-. The summed E-state index contributed by atoms with van der Waals surface area (Å²) < 4.78 is 5.42. The molecule has 0 aliphatic rings. The lowest BCUT2D eigenvalue weighted by molar-refractivity contribution is 0.101. The number of Topliss-reactive ketones (excluding diaryl/α,β-unsaturated/α-hetero) is 1. The minimum Gasteiger partial charge on any atom is -0.502 e. The molecule has 18 heavy (non-hydrogen) atoms. The number of nitrogens with one attached hydrogen (secondary N) is 1. The zero-order valence-electron chi connectivity index (χ0n) is 10.6. The van der Waals surface area contributed by atoms with Crippen LogP contribution in [0, 0.1) is 12.3 Å². The van der Waals surface area contributed by atoms with E-state index in [1.54, 1.807) is 18.2 Å². The van der Waals surface area contributed by atoms with Crippen molar-refractivity contribution in [2.75, 3.05) is 0 Å². The average Bonchev–Trinajstić information content (AvgIpc) is 2.30. The molecule has 0 spiro atoms. The Hall–Kier alpha value is -2.30. The van der Waals surface area contributed by atoms with Crippen molar-refractivity contribution >= 4 is 11.6 Å². The van der Waals surface area contributed by atoms with E-state index in [-0.39, 0.29) is 11.5 Å². The molecule has 0 radical (unpaired) electrons. The molecule has 0 aromatic heterocycles. The Kier molecular flexibility index (Phi) is 4.09. The number of nitrogens with two attached hydrogens (primary N) is 1. The van der Waals surface area contributed by atoms with E-state index in [4.69, 9.17) is 15.9 Å². The van der Waals surface area contributed by atoms with Gasteiger partial charge in [0.05, 0.1) is 0 Å². The summed E-state index contributed by atoms with van der Waals surface area (Å²) in [5.41, 5.74) is 6.48. The van der Waals surface area contributed by atoms with Crippen molar-refractivity contribution in [2.24, 2.45) is 5.73 Å². The first-order chi connectivity index (χ1) is 8.32. The van der Waals surface area contributed by atoms with Gasteiger partial charge >= 0.3 is 0 Å². The molecule has 0 saturated heterocycles. The number of carbonyl (C=O) groups excluding carboxylic acids is 1. The lowest BCUT2D eigenvalue weighted by atomic mass is 10.1. The summed E-state index contributed by atoms with van der Waals surface area (Å²) in [6.07, 6.45) is 0. The fourth-order valence-electron chi connectivity index (χ4n) is 1.33. The molecule has 0 unspecified atom stereocenters. The molecule has 0 bridgehead atoms. The van der Waals surface area contributed by atoms with Gasteiger partial charge in [-0.1, -0.05) is 12.1 Å². The first kappa shape index (κ1) is 13.8. The molecule has 0 saturated carbocycles. The van der Waals surface area contributed by atoms with E-state index in [1.165, 1.54) is 13.8 Å². The van der Waals surface area contributed by atoms with Gasteiger partial charge in [0.25, 0.3) is 0 Å². The van der Waals surface area contributed by atoms with Gasteiger partial charge in [-0.25, -0.2) is 0 Å². The highest BCUT2D eigenvalue weighted by Crippen LogP contribution is 2.22. The highest BCUT2D eigenvalue weighted by atomic mass is 16.5. The van der Waals surface area contributed by atoms with Crippen LogP contribution in [0.25, 0.3) is 0 Å². The number of rotatable bonds is 4. The molecule has 4 N–H and O–H groups in total. The lowest BCUT2D eigenvalue weighted by Gasteiger charge is -2.11. The van der Waals surface area contributed by atoms with Crippen LogP contribution in [0.5, 0.6) is 5.75 Å². The van der Waals surface area contributed by atoms with Gasteiger partial charge < -0.3 is 15.6 Å². The fraction of sp³-hybridized carbons (Fsp3) is 0.231. The summed E-state index contributed by atoms with van der Waals surface area (Å²) in [7, 11) is 0. The molecular formula is C13H16N2O3. The van der Waals surface area contributed by atoms with Gasteiger partial charge in [0, 0.05) is 5.56 Å². The molecule has 1 aromatic carbocycles. The molecule has 1 aromatic rings. The molecule has 96 valence electrons. The van der Waals surface area contributed by atoms with Crippen molar-refractivity contribution in [1.29, 1.82) is 5.41 Å². The van der Waals surface area contributed by atoms with Crippen molar-refractivity contribution in [3.63, 3.8) is 0 Å². The van der Waals surface area contributed by atoms with E-state index in [1.807, 2.05) is 6.92 Å². The van der Waals surface area contributed by atoms with Crippen molar-refractivity contribution in [3.05, 3.63) is 40.8 Å². The molecule has 0 aliphatic carbocycles. The number of amidine groups is 1. The number of ether oxygens (including phenoxy) is 1. The summed E-state index contributed by atoms with van der Waals surface area (Å²) in [6.45, 7) is 4.78. The first-order valence-corrected chi connectivity index (χ1v) is 5.36. The predicted molar refractivity (Wildman–Crippen MR) is 69.1 cm³/mol. The third-order valence-electron chi connectivity index (χ3n) is 2.45.